The van der Waals surface area contributed by atoms with Crippen molar-refractivity contribution in [2.45, 2.75) is 39.0 Å². The van der Waals surface area contributed by atoms with Crippen LogP contribution in [0.1, 0.15) is 44.7 Å². The molecule has 0 bridgehead atoms. The molecule has 2 unspecified atom stereocenters. The molecular weight excluding hydrogens is 710 g/mol. The molecule has 0 heterocycles. The maximum absolute atomic E-state index is 7.10. The molecule has 4 heteroatoms. The van der Waals surface area contributed by atoms with Crippen molar-refractivity contribution in [3.63, 3.8) is 0 Å². The summed E-state index contributed by atoms with van der Waals surface area (Å²) in [7, 11) is 16.2. The Balaban J connectivity index is 1.77. The molecule has 2 atom stereocenters. The van der Waals surface area contributed by atoms with Crippen LogP contribution < -0.4 is 0 Å². The van der Waals surface area contributed by atoms with E-state index < -0.39 is 24.5 Å². The number of halogens is 2. The molecule has 2 aromatic carbocycles. The zero-order valence-corrected chi connectivity index (χ0v) is 29.8. The molecule has 40 heavy (non-hydrogen) atoms. The molecule has 0 aromatic heterocycles. The summed E-state index contributed by atoms with van der Waals surface area (Å²) in [6.45, 7) is 6.86. The van der Waals surface area contributed by atoms with Crippen molar-refractivity contribution < 1.29 is 19.1 Å². The van der Waals surface area contributed by atoms with E-state index in [0.717, 1.165) is 12.8 Å². The summed E-state index contributed by atoms with van der Waals surface area (Å²) in [5, 5.41) is 1.34. The monoisotopic (exact) mass is 743 g/mol. The average molecular weight is 743 g/mol. The molecule has 4 aliphatic carbocycles. The van der Waals surface area contributed by atoms with Crippen molar-refractivity contribution in [3.8, 4) is 0 Å². The van der Waals surface area contributed by atoms with Crippen molar-refractivity contribution in [1.29, 1.82) is 0 Å². The van der Waals surface area contributed by atoms with Crippen LogP contribution in [-0.2, 0) is 24.5 Å². The fourth-order valence-electron chi connectivity index (χ4n) is 7.11. The van der Waals surface area contributed by atoms with Gasteiger partial charge in [-0.15, -0.1) is 0 Å². The van der Waals surface area contributed by atoms with Crippen LogP contribution in [0.3, 0.4) is 0 Å². The van der Waals surface area contributed by atoms with Crippen LogP contribution in [-0.4, -0.2) is 15.0 Å². The van der Waals surface area contributed by atoms with Gasteiger partial charge in [0.05, 0.1) is 0 Å². The van der Waals surface area contributed by atoms with Gasteiger partial charge in [-0.1, -0.05) is 0 Å². The molecule has 0 amide bonds. The third-order valence-corrected chi connectivity index (χ3v) is 16.6. The van der Waals surface area contributed by atoms with Crippen molar-refractivity contribution in [3.05, 3.63) is 157 Å². The fraction of sp³-hybridized carbons (Fsp3) is 0.194. The number of fused-ring (bicyclic) bond motifs is 1. The van der Waals surface area contributed by atoms with E-state index in [1.165, 1.54) is 58.6 Å². The van der Waals surface area contributed by atoms with Crippen molar-refractivity contribution in [2.75, 3.05) is 0 Å². The van der Waals surface area contributed by atoms with Gasteiger partial charge in [-0.25, -0.2) is 0 Å². The topological polar surface area (TPSA) is 0 Å². The zero-order chi connectivity index (χ0) is 28.1. The van der Waals surface area contributed by atoms with Gasteiger partial charge in [0.2, 0.25) is 0 Å². The zero-order valence-electron chi connectivity index (χ0n) is 23.3. The predicted molar refractivity (Wildman–Crippen MR) is 173 cm³/mol. The van der Waals surface area contributed by atoms with E-state index in [4.69, 9.17) is 17.2 Å². The Morgan fingerprint density at radius 1 is 0.875 bits per heavy atom. The SMILES string of the molecule is CC1=C(C)[C]([Hf]([Cl])[Cl])=C2C1=CC=CC(=[SiH2])C2(C1=C(c2ccccc2)C(C2(C)C=CC=CC2)=CC1)c1ccccc1. The molecular formula is C36H33Cl2HfSi. The molecule has 0 nitrogen and oxygen atoms in total. The van der Waals surface area contributed by atoms with E-state index in [-0.39, 0.29) is 5.41 Å². The first-order valence-electron chi connectivity index (χ1n) is 13.9. The van der Waals surface area contributed by atoms with E-state index in [0.29, 0.717) is 0 Å². The second-order valence-electron chi connectivity index (χ2n) is 11.3. The third-order valence-electron chi connectivity index (χ3n) is 9.14. The minimum atomic E-state index is -3.09. The standard InChI is InChI=1S/C36H33Si.2ClH.Hf/c1-25-24-32-29(26(25)2)18-13-19-33(37)36(32,28-16-9-5-10-17-28)31-21-20-30(35(3)22-11-6-12-23-35)34(31)27-14-7-4-8-15-27;;;/h4-20,22H,21,23,37H2,1-3H3;2*1H;/q;;;+2/p-2. The summed E-state index contributed by atoms with van der Waals surface area (Å²) < 4.78 is 1.26. The second-order valence-corrected chi connectivity index (χ2v) is 23.5. The molecule has 0 spiro atoms. The molecule has 0 radical (unpaired) electrons. The Morgan fingerprint density at radius 2 is 1.57 bits per heavy atom. The maximum atomic E-state index is 7.10. The number of hydrogen-bond acceptors (Lipinski definition) is 0. The first-order valence-corrected chi connectivity index (χ1v) is 25.3. The first kappa shape index (κ1) is 28.0. The Labute approximate surface area is 256 Å². The Morgan fingerprint density at radius 3 is 2.23 bits per heavy atom. The number of hydrogen-bond donors (Lipinski definition) is 0. The second kappa shape index (κ2) is 10.9. The molecule has 2 aromatic rings. The summed E-state index contributed by atoms with van der Waals surface area (Å²) in [6, 6.07) is 22.1. The molecule has 0 fully saturated rings. The predicted octanol–water partition coefficient (Wildman–Crippen LogP) is 9.06. The van der Waals surface area contributed by atoms with Crippen LogP contribution >= 0.6 is 17.2 Å². The van der Waals surface area contributed by atoms with Gasteiger partial charge in [-0.3, -0.25) is 0 Å². The van der Waals surface area contributed by atoms with Crippen LogP contribution in [0.25, 0.3) is 5.57 Å². The molecule has 199 valence electrons. The Bertz CT molecular complexity index is 1650. The summed E-state index contributed by atoms with van der Waals surface area (Å²) >= 11 is -3.09. The van der Waals surface area contributed by atoms with Crippen molar-refractivity contribution in [2.24, 2.45) is 5.41 Å². The van der Waals surface area contributed by atoms with Crippen LogP contribution in [0.4, 0.5) is 0 Å². The first-order chi connectivity index (χ1) is 19.3. The number of allylic oxidation sites excluding steroid dienone is 16. The van der Waals surface area contributed by atoms with Crippen LogP contribution in [0, 0.1) is 5.41 Å². The van der Waals surface area contributed by atoms with Gasteiger partial charge >= 0.3 is 258 Å². The van der Waals surface area contributed by atoms with E-state index in [2.05, 4.69) is 130 Å². The van der Waals surface area contributed by atoms with Gasteiger partial charge in [0.25, 0.3) is 0 Å². The minimum absolute atomic E-state index is 0.0765. The van der Waals surface area contributed by atoms with E-state index >= 15 is 0 Å². The fourth-order valence-corrected chi connectivity index (χ4v) is 15.2. The normalized spacial score (nSPS) is 25.9. The molecule has 4 aliphatic rings. The van der Waals surface area contributed by atoms with E-state index in [1.807, 2.05) is 9.85 Å². The van der Waals surface area contributed by atoms with Crippen LogP contribution in [0.5, 0.6) is 0 Å². The van der Waals surface area contributed by atoms with E-state index in [1.54, 1.807) is 0 Å². The molecule has 0 saturated heterocycles. The average Bonchev–Trinajstić information content (AvgIpc) is 3.47. The van der Waals surface area contributed by atoms with Gasteiger partial charge in [0, 0.05) is 0 Å². The summed E-state index contributed by atoms with van der Waals surface area (Å²) in [4.78, 5) is 0. The summed E-state index contributed by atoms with van der Waals surface area (Å²) in [5.74, 6) is 0. The molecule has 6 rings (SSSR count). The van der Waals surface area contributed by atoms with Crippen molar-refractivity contribution >= 4 is 37.8 Å². The summed E-state index contributed by atoms with van der Waals surface area (Å²) in [6.07, 6.45) is 20.3. The van der Waals surface area contributed by atoms with Crippen LogP contribution in [0.15, 0.2) is 146 Å². The van der Waals surface area contributed by atoms with Crippen LogP contribution in [0.2, 0.25) is 0 Å². The Kier molecular flexibility index (Phi) is 7.67. The number of benzene rings is 2. The van der Waals surface area contributed by atoms with Gasteiger partial charge in [-0.05, 0) is 0 Å². The quantitative estimate of drug-likeness (QED) is 0.269. The van der Waals surface area contributed by atoms with E-state index in [9.17, 15) is 0 Å². The van der Waals surface area contributed by atoms with Gasteiger partial charge in [0.1, 0.15) is 0 Å². The number of rotatable bonds is 5. The van der Waals surface area contributed by atoms with Gasteiger partial charge in [-0.2, -0.15) is 0 Å². The molecule has 0 saturated carbocycles. The Hall–Kier alpha value is -2.10. The molecule has 0 aliphatic heterocycles. The van der Waals surface area contributed by atoms with Gasteiger partial charge < -0.3 is 0 Å². The summed E-state index contributed by atoms with van der Waals surface area (Å²) in [5.41, 5.74) is 11.4. The third kappa shape index (κ3) is 4.29. The molecule has 0 N–H and O–H groups in total. The van der Waals surface area contributed by atoms with Crippen molar-refractivity contribution in [1.82, 2.24) is 0 Å². The van der Waals surface area contributed by atoms with Gasteiger partial charge in [0.15, 0.2) is 0 Å².